The van der Waals surface area contributed by atoms with Crippen LogP contribution in [0.3, 0.4) is 0 Å². The Labute approximate surface area is 282 Å². The molecule has 0 aliphatic carbocycles. The second-order valence-corrected chi connectivity index (χ2v) is 10.5. The molecule has 0 bridgehead atoms. The Balaban J connectivity index is 0.00000368. The summed E-state index contributed by atoms with van der Waals surface area (Å²) in [6.45, 7) is 5.10. The van der Waals surface area contributed by atoms with Gasteiger partial charge in [0.15, 0.2) is 0 Å². The van der Waals surface area contributed by atoms with Crippen LogP contribution in [0.25, 0.3) is 0 Å². The van der Waals surface area contributed by atoms with Crippen molar-refractivity contribution in [1.82, 2.24) is 20.9 Å². The van der Waals surface area contributed by atoms with Crippen LogP contribution in [0.2, 0.25) is 0 Å². The number of halogens is 2. The van der Waals surface area contributed by atoms with E-state index in [4.69, 9.17) is 10.5 Å². The smallest absolute Gasteiger partial charge is 0.251 e. The number of carbonyl (C=O) groups is 3. The van der Waals surface area contributed by atoms with Crippen molar-refractivity contribution < 1.29 is 19.1 Å². The van der Waals surface area contributed by atoms with Gasteiger partial charge in [-0.05, 0) is 66.4 Å². The maximum atomic E-state index is 13.8. The van der Waals surface area contributed by atoms with E-state index in [1.807, 2.05) is 80.6 Å². The molecule has 0 radical (unpaired) electrons. The van der Waals surface area contributed by atoms with Gasteiger partial charge in [0, 0.05) is 43.9 Å². The number of carbonyl (C=O) groups excluding carboxylic acids is 3. The SMILES string of the molecule is CCOc1ccc(C[C@@H](NC(=O)c2ccc(C)cc2)C(=O)N[C@@H](Cc2cccnc2)C(=O)NCc2ccc(CN)cc2)cc1.Cl.Cl. The molecule has 0 unspecified atom stereocenters. The lowest BCUT2D eigenvalue weighted by atomic mass is 10.0. The molecule has 3 amide bonds. The Kier molecular flexibility index (Phi) is 15.7. The van der Waals surface area contributed by atoms with Crippen LogP contribution in [0.5, 0.6) is 5.75 Å². The Bertz CT molecular complexity index is 1520. The predicted molar refractivity (Wildman–Crippen MR) is 184 cm³/mol. The summed E-state index contributed by atoms with van der Waals surface area (Å²) in [5.74, 6) is -0.498. The largest absolute Gasteiger partial charge is 0.494 e. The van der Waals surface area contributed by atoms with Crippen molar-refractivity contribution in [2.45, 2.75) is 51.9 Å². The quantitative estimate of drug-likeness (QED) is 0.157. The summed E-state index contributed by atoms with van der Waals surface area (Å²) in [5, 5.41) is 8.72. The summed E-state index contributed by atoms with van der Waals surface area (Å²) < 4.78 is 5.54. The second kappa shape index (κ2) is 19.2. The molecule has 9 nitrogen and oxygen atoms in total. The lowest BCUT2D eigenvalue weighted by Gasteiger charge is -2.24. The first kappa shape index (κ1) is 37.7. The molecule has 4 rings (SSSR count). The van der Waals surface area contributed by atoms with Crippen LogP contribution in [0.15, 0.2) is 97.3 Å². The number of ether oxygens (including phenoxy) is 1. The van der Waals surface area contributed by atoms with Gasteiger partial charge in [-0.2, -0.15) is 0 Å². The highest BCUT2D eigenvalue weighted by Gasteiger charge is 2.28. The molecule has 0 saturated carbocycles. The Hall–Kier alpha value is -4.44. The van der Waals surface area contributed by atoms with Gasteiger partial charge in [0.2, 0.25) is 11.8 Å². The number of rotatable bonds is 14. The average molecular weight is 667 g/mol. The lowest BCUT2D eigenvalue weighted by molar-refractivity contribution is -0.130. The number of benzene rings is 3. The van der Waals surface area contributed by atoms with Crippen molar-refractivity contribution in [2.24, 2.45) is 5.73 Å². The number of hydrogen-bond acceptors (Lipinski definition) is 6. The van der Waals surface area contributed by atoms with E-state index in [2.05, 4.69) is 20.9 Å². The molecule has 0 fully saturated rings. The van der Waals surface area contributed by atoms with Crippen LogP contribution < -0.4 is 26.4 Å². The molecule has 1 aromatic heterocycles. The van der Waals surface area contributed by atoms with Gasteiger partial charge in [-0.1, -0.05) is 60.2 Å². The Morgan fingerprint density at radius 2 is 1.37 bits per heavy atom. The summed E-state index contributed by atoms with van der Waals surface area (Å²) >= 11 is 0. The van der Waals surface area contributed by atoms with E-state index in [-0.39, 0.29) is 56.0 Å². The predicted octanol–water partition coefficient (Wildman–Crippen LogP) is 4.48. The minimum absolute atomic E-state index is 0. The van der Waals surface area contributed by atoms with Gasteiger partial charge >= 0.3 is 0 Å². The summed E-state index contributed by atoms with van der Waals surface area (Å²) in [4.78, 5) is 44.7. The maximum absolute atomic E-state index is 13.8. The van der Waals surface area contributed by atoms with Gasteiger partial charge in [0.1, 0.15) is 17.8 Å². The summed E-state index contributed by atoms with van der Waals surface area (Å²) in [7, 11) is 0. The minimum Gasteiger partial charge on any atom is -0.494 e. The van der Waals surface area contributed by atoms with Crippen molar-refractivity contribution in [3.63, 3.8) is 0 Å². The zero-order valence-corrected chi connectivity index (χ0v) is 27.5. The summed E-state index contributed by atoms with van der Waals surface area (Å²) in [6.07, 6.45) is 3.74. The normalized spacial score (nSPS) is 11.5. The van der Waals surface area contributed by atoms with E-state index in [9.17, 15) is 14.4 Å². The van der Waals surface area contributed by atoms with Gasteiger partial charge in [0.05, 0.1) is 6.61 Å². The highest BCUT2D eigenvalue weighted by molar-refractivity contribution is 5.98. The molecule has 2 atom stereocenters. The third-order valence-electron chi connectivity index (χ3n) is 7.13. The van der Waals surface area contributed by atoms with E-state index in [1.54, 1.807) is 30.6 Å². The zero-order chi connectivity index (χ0) is 31.3. The number of aryl methyl sites for hydroxylation is 1. The molecule has 5 N–H and O–H groups in total. The molecule has 0 saturated heterocycles. The number of amides is 3. The molecule has 0 aliphatic rings. The van der Waals surface area contributed by atoms with E-state index in [0.29, 0.717) is 24.5 Å². The maximum Gasteiger partial charge on any atom is 0.251 e. The number of nitrogens with two attached hydrogens (primary N) is 1. The van der Waals surface area contributed by atoms with E-state index >= 15 is 0 Å². The Morgan fingerprint density at radius 3 is 1.98 bits per heavy atom. The number of nitrogens with zero attached hydrogens (tertiary/aromatic N) is 1. The molecule has 11 heteroatoms. The van der Waals surface area contributed by atoms with E-state index in [1.165, 1.54) is 0 Å². The summed E-state index contributed by atoms with van der Waals surface area (Å²) in [6, 6.07) is 23.9. The van der Waals surface area contributed by atoms with Crippen LogP contribution in [-0.2, 0) is 35.5 Å². The highest BCUT2D eigenvalue weighted by atomic mass is 35.5. The average Bonchev–Trinajstić information content (AvgIpc) is 3.05. The first-order valence-corrected chi connectivity index (χ1v) is 14.7. The molecule has 0 aliphatic heterocycles. The highest BCUT2D eigenvalue weighted by Crippen LogP contribution is 2.15. The number of pyridine rings is 1. The Morgan fingerprint density at radius 1 is 0.761 bits per heavy atom. The third kappa shape index (κ3) is 11.5. The first-order valence-electron chi connectivity index (χ1n) is 14.7. The fraction of sp³-hybridized carbons (Fsp3) is 0.257. The van der Waals surface area contributed by atoms with Crippen LogP contribution >= 0.6 is 24.8 Å². The van der Waals surface area contributed by atoms with Crippen molar-refractivity contribution >= 4 is 42.5 Å². The van der Waals surface area contributed by atoms with Crippen LogP contribution in [-0.4, -0.2) is 41.4 Å². The number of nitrogens with one attached hydrogen (secondary N) is 3. The fourth-order valence-electron chi connectivity index (χ4n) is 4.62. The van der Waals surface area contributed by atoms with Crippen LogP contribution in [0.4, 0.5) is 0 Å². The van der Waals surface area contributed by atoms with Gasteiger partial charge in [0.25, 0.3) is 5.91 Å². The number of aromatic nitrogens is 1. The molecule has 244 valence electrons. The monoisotopic (exact) mass is 665 g/mol. The molecule has 3 aromatic carbocycles. The second-order valence-electron chi connectivity index (χ2n) is 10.5. The number of hydrogen-bond donors (Lipinski definition) is 4. The van der Waals surface area contributed by atoms with Crippen LogP contribution in [0.1, 0.15) is 45.1 Å². The van der Waals surface area contributed by atoms with Gasteiger partial charge < -0.3 is 26.4 Å². The zero-order valence-electron chi connectivity index (χ0n) is 25.9. The van der Waals surface area contributed by atoms with E-state index < -0.39 is 18.0 Å². The molecule has 4 aromatic rings. The minimum atomic E-state index is -0.949. The molecule has 0 spiro atoms. The topological polar surface area (TPSA) is 135 Å². The lowest BCUT2D eigenvalue weighted by Crippen LogP contribution is -2.55. The fourth-order valence-corrected chi connectivity index (χ4v) is 4.62. The first-order chi connectivity index (χ1) is 21.3. The molecule has 46 heavy (non-hydrogen) atoms. The van der Waals surface area contributed by atoms with Gasteiger partial charge in [-0.25, -0.2) is 0 Å². The molecular weight excluding hydrogens is 625 g/mol. The van der Waals surface area contributed by atoms with Crippen LogP contribution in [0, 0.1) is 6.92 Å². The van der Waals surface area contributed by atoms with Crippen molar-refractivity contribution in [3.05, 3.63) is 131 Å². The third-order valence-corrected chi connectivity index (χ3v) is 7.13. The standard InChI is InChI=1S/C35H39N5O4.2ClH/c1-3-44-30-16-12-25(13-17-30)19-32(39-33(41)29-14-6-24(2)7-15-29)35(43)40-31(20-28-5-4-18-37-22-28)34(42)38-23-27-10-8-26(21-36)9-11-27;;/h4-18,22,31-32H,3,19-21,23,36H2,1-2H3,(H,38,42)(H,39,41)(H,40,43);2*1H/t31-,32+;;/m0../s1. The van der Waals surface area contributed by atoms with Gasteiger partial charge in [-0.3, -0.25) is 19.4 Å². The molecule has 1 heterocycles. The van der Waals surface area contributed by atoms with Crippen molar-refractivity contribution in [1.29, 1.82) is 0 Å². The van der Waals surface area contributed by atoms with Crippen molar-refractivity contribution in [3.8, 4) is 5.75 Å². The molecular formula is C35H41Cl2N5O4. The van der Waals surface area contributed by atoms with Crippen molar-refractivity contribution in [2.75, 3.05) is 6.61 Å². The summed E-state index contributed by atoms with van der Waals surface area (Å²) in [5.41, 5.74) is 10.7. The van der Waals surface area contributed by atoms with E-state index in [0.717, 1.165) is 27.8 Å². The van der Waals surface area contributed by atoms with Gasteiger partial charge in [-0.15, -0.1) is 24.8 Å².